The van der Waals surface area contributed by atoms with Crippen LogP contribution in [0.25, 0.3) is 0 Å². The lowest BCUT2D eigenvalue weighted by atomic mass is 9.79. The van der Waals surface area contributed by atoms with E-state index in [0.717, 1.165) is 36.5 Å². The van der Waals surface area contributed by atoms with E-state index in [1.165, 1.54) is 0 Å². The predicted molar refractivity (Wildman–Crippen MR) is 115 cm³/mol. The van der Waals surface area contributed by atoms with E-state index in [2.05, 4.69) is 47.6 Å². The zero-order valence-corrected chi connectivity index (χ0v) is 17.7. The van der Waals surface area contributed by atoms with Gasteiger partial charge in [0.25, 0.3) is 0 Å². The van der Waals surface area contributed by atoms with E-state index >= 15 is 0 Å². The van der Waals surface area contributed by atoms with Crippen LogP contribution in [0.1, 0.15) is 43.2 Å². The van der Waals surface area contributed by atoms with Crippen molar-refractivity contribution in [2.75, 3.05) is 19.6 Å². The molecule has 0 bridgehead atoms. The first-order valence-electron chi connectivity index (χ1n) is 9.31. The van der Waals surface area contributed by atoms with Crippen LogP contribution in [0.2, 0.25) is 0 Å². The highest BCUT2D eigenvalue weighted by molar-refractivity contribution is 7.10. The summed E-state index contributed by atoms with van der Waals surface area (Å²) in [5.41, 5.74) is 7.44. The topological polar surface area (TPSA) is 58.4 Å². The molecule has 1 aromatic carbocycles. The zero-order chi connectivity index (χ0) is 18.6. The van der Waals surface area contributed by atoms with Crippen LogP contribution in [0.5, 0.6) is 0 Å². The number of hydrogen-bond acceptors (Lipinski definition) is 4. The van der Waals surface area contributed by atoms with E-state index in [9.17, 15) is 4.79 Å². The van der Waals surface area contributed by atoms with E-state index in [1.807, 2.05) is 24.3 Å². The van der Waals surface area contributed by atoms with Crippen molar-refractivity contribution in [1.29, 1.82) is 0 Å². The normalized spacial score (nSPS) is 20.5. The molecule has 0 radical (unpaired) electrons. The summed E-state index contributed by atoms with van der Waals surface area (Å²) in [6.07, 6.45) is 1.51. The number of piperidine rings is 1. The quantitative estimate of drug-likeness (QED) is 0.765. The van der Waals surface area contributed by atoms with Crippen LogP contribution in [-0.4, -0.2) is 36.5 Å². The molecule has 1 aliphatic heterocycles. The Morgan fingerprint density at radius 1 is 1.30 bits per heavy atom. The number of benzene rings is 1. The molecule has 1 saturated heterocycles. The Kier molecular flexibility index (Phi) is 7.86. The van der Waals surface area contributed by atoms with E-state index in [4.69, 9.17) is 5.73 Å². The highest BCUT2D eigenvalue weighted by Gasteiger charge is 2.33. The highest BCUT2D eigenvalue weighted by Crippen LogP contribution is 2.28. The van der Waals surface area contributed by atoms with Gasteiger partial charge >= 0.3 is 0 Å². The van der Waals surface area contributed by atoms with Gasteiger partial charge in [-0.2, -0.15) is 0 Å². The molecule has 0 saturated carbocycles. The minimum Gasteiger partial charge on any atom is -0.344 e. The molecule has 27 heavy (non-hydrogen) atoms. The average molecular weight is 408 g/mol. The van der Waals surface area contributed by atoms with Crippen molar-refractivity contribution in [3.63, 3.8) is 0 Å². The fourth-order valence-corrected chi connectivity index (χ4v) is 4.39. The Labute approximate surface area is 172 Å². The van der Waals surface area contributed by atoms with Gasteiger partial charge in [-0.1, -0.05) is 50.2 Å². The zero-order valence-electron chi connectivity index (χ0n) is 16.1. The largest absolute Gasteiger partial charge is 0.344 e. The minimum atomic E-state index is -0.0741. The molecule has 3 N–H and O–H groups in total. The van der Waals surface area contributed by atoms with Gasteiger partial charge in [0, 0.05) is 30.4 Å². The molecule has 2 heterocycles. The molecule has 6 heteroatoms. The third-order valence-corrected chi connectivity index (χ3v) is 6.25. The molecule has 0 spiro atoms. The molecule has 1 fully saturated rings. The van der Waals surface area contributed by atoms with Gasteiger partial charge in [-0.3, -0.25) is 4.79 Å². The van der Waals surface area contributed by atoms with Crippen LogP contribution < -0.4 is 11.1 Å². The Morgan fingerprint density at radius 2 is 2.04 bits per heavy atom. The highest BCUT2D eigenvalue weighted by atomic mass is 35.5. The Balaban J connectivity index is 0.00000261. The summed E-state index contributed by atoms with van der Waals surface area (Å²) >= 11 is 1.67. The van der Waals surface area contributed by atoms with Crippen LogP contribution in [0, 0.1) is 5.41 Å². The second kappa shape index (κ2) is 9.69. The Bertz CT molecular complexity index is 705. The first-order valence-corrected chi connectivity index (χ1v) is 10.2. The molecule has 2 atom stereocenters. The maximum Gasteiger partial charge on any atom is 0.222 e. The minimum absolute atomic E-state index is 0. The molecule has 1 aromatic heterocycles. The summed E-state index contributed by atoms with van der Waals surface area (Å²) in [6.45, 7) is 7.14. The Hall–Kier alpha value is -1.40. The summed E-state index contributed by atoms with van der Waals surface area (Å²) < 4.78 is 0. The molecule has 1 aliphatic rings. The second-order valence-electron chi connectivity index (χ2n) is 7.84. The summed E-state index contributed by atoms with van der Waals surface area (Å²) in [5.74, 6) is 0.0972. The summed E-state index contributed by atoms with van der Waals surface area (Å²) in [4.78, 5) is 16.2. The molecular formula is C21H30ClN3OS. The van der Waals surface area contributed by atoms with Crippen molar-refractivity contribution in [2.24, 2.45) is 11.1 Å². The number of nitrogens with one attached hydrogen (secondary N) is 1. The number of likely N-dealkylation sites (tertiary alicyclic amines) is 1. The van der Waals surface area contributed by atoms with Gasteiger partial charge in [-0.05, 0) is 35.4 Å². The molecule has 4 nitrogen and oxygen atoms in total. The van der Waals surface area contributed by atoms with Gasteiger partial charge in [0.2, 0.25) is 5.91 Å². The fraction of sp³-hybridized carbons (Fsp3) is 0.476. The number of rotatable bonds is 6. The molecular weight excluding hydrogens is 378 g/mol. The maximum atomic E-state index is 12.6. The van der Waals surface area contributed by atoms with Crippen LogP contribution in [0.4, 0.5) is 0 Å². The van der Waals surface area contributed by atoms with Crippen molar-refractivity contribution in [3.05, 3.63) is 58.3 Å². The molecule has 148 valence electrons. The molecule has 0 aliphatic carbocycles. The average Bonchev–Trinajstić information content (AvgIpc) is 3.15. The van der Waals surface area contributed by atoms with Crippen molar-refractivity contribution in [3.8, 4) is 0 Å². The number of carbonyl (C=O) groups is 1. The third-order valence-electron chi connectivity index (χ3n) is 5.31. The van der Waals surface area contributed by atoms with E-state index in [0.29, 0.717) is 6.42 Å². The lowest BCUT2D eigenvalue weighted by molar-refractivity contribution is -0.122. The van der Waals surface area contributed by atoms with Crippen LogP contribution in [0.3, 0.4) is 0 Å². The van der Waals surface area contributed by atoms with Crippen molar-refractivity contribution < 1.29 is 4.79 Å². The predicted octanol–water partition coefficient (Wildman–Crippen LogP) is 3.82. The molecule has 2 unspecified atom stereocenters. The van der Waals surface area contributed by atoms with Gasteiger partial charge < -0.3 is 16.0 Å². The van der Waals surface area contributed by atoms with Crippen molar-refractivity contribution in [1.82, 2.24) is 10.2 Å². The standard InChI is InChI=1S/C21H29N3OS.ClH/c1-21(2)15-24(12-10-18(21)22)13-11-19(25)23-20(17-9-6-14-26-17)16-7-4-3-5-8-16;/h3-9,14,18,20H,10-13,15,22H2,1-2H3,(H,23,25);1H. The fourth-order valence-electron chi connectivity index (χ4n) is 3.59. The summed E-state index contributed by atoms with van der Waals surface area (Å²) in [5, 5.41) is 5.28. The number of carbonyl (C=O) groups excluding carboxylic acids is 1. The number of thiophene rings is 1. The number of halogens is 1. The lowest BCUT2D eigenvalue weighted by Crippen LogP contribution is -2.52. The molecule has 2 aromatic rings. The van der Waals surface area contributed by atoms with Crippen LogP contribution in [0.15, 0.2) is 47.8 Å². The molecule has 1 amide bonds. The SMILES string of the molecule is CC1(C)CN(CCC(=O)NC(c2ccccc2)c2cccs2)CCC1N.Cl. The number of amides is 1. The number of hydrogen-bond donors (Lipinski definition) is 2. The number of nitrogens with zero attached hydrogens (tertiary/aromatic N) is 1. The van der Waals surface area contributed by atoms with Crippen molar-refractivity contribution >= 4 is 29.7 Å². The second-order valence-corrected chi connectivity index (χ2v) is 8.82. The van der Waals surface area contributed by atoms with Gasteiger partial charge in [0.1, 0.15) is 0 Å². The maximum absolute atomic E-state index is 12.6. The smallest absolute Gasteiger partial charge is 0.222 e. The lowest BCUT2D eigenvalue weighted by Gasteiger charge is -2.42. The van der Waals surface area contributed by atoms with Gasteiger partial charge in [-0.15, -0.1) is 23.7 Å². The van der Waals surface area contributed by atoms with Gasteiger partial charge in [0.05, 0.1) is 6.04 Å². The van der Waals surface area contributed by atoms with E-state index < -0.39 is 0 Å². The summed E-state index contributed by atoms with van der Waals surface area (Å²) in [6, 6.07) is 14.4. The van der Waals surface area contributed by atoms with Crippen LogP contribution >= 0.6 is 23.7 Å². The molecule has 3 rings (SSSR count). The Morgan fingerprint density at radius 3 is 2.67 bits per heavy atom. The first-order chi connectivity index (χ1) is 12.5. The van der Waals surface area contributed by atoms with E-state index in [1.54, 1.807) is 11.3 Å². The monoisotopic (exact) mass is 407 g/mol. The van der Waals surface area contributed by atoms with Crippen molar-refractivity contribution in [2.45, 2.75) is 38.8 Å². The summed E-state index contributed by atoms with van der Waals surface area (Å²) in [7, 11) is 0. The first kappa shape index (κ1) is 21.9. The number of nitrogens with two attached hydrogens (primary N) is 1. The third kappa shape index (κ3) is 5.79. The van der Waals surface area contributed by atoms with Gasteiger partial charge in [0.15, 0.2) is 0 Å². The van der Waals surface area contributed by atoms with Gasteiger partial charge in [-0.25, -0.2) is 0 Å². The van der Waals surface area contributed by atoms with Crippen LogP contribution in [-0.2, 0) is 4.79 Å². The van der Waals surface area contributed by atoms with E-state index in [-0.39, 0.29) is 35.8 Å².